The molecule has 3 rings (SSSR count). The number of carboxylic acids is 1. The van der Waals surface area contributed by atoms with Gasteiger partial charge in [0.2, 0.25) is 0 Å². The molecule has 0 fully saturated rings. The molecule has 4 heteroatoms. The van der Waals surface area contributed by atoms with Gasteiger partial charge in [-0.3, -0.25) is 0 Å². The van der Waals surface area contributed by atoms with Gasteiger partial charge < -0.3 is 19.4 Å². The van der Waals surface area contributed by atoms with Gasteiger partial charge in [0.05, 0.1) is 0 Å². The summed E-state index contributed by atoms with van der Waals surface area (Å²) in [6.07, 6.45) is 0. The molecule has 0 aromatic heterocycles. The van der Waals surface area contributed by atoms with Crippen LogP contribution in [-0.4, -0.2) is 5.97 Å². The number of hydrogen-bond donors (Lipinski definition) is 0. The van der Waals surface area contributed by atoms with E-state index in [1.54, 1.807) is 25.1 Å². The predicted molar refractivity (Wildman–Crippen MR) is 101 cm³/mol. The Morgan fingerprint density at radius 3 is 1.96 bits per heavy atom. The normalized spacial score (nSPS) is 11.6. The van der Waals surface area contributed by atoms with Gasteiger partial charge in [0.25, 0.3) is 0 Å². The third-order valence-corrected chi connectivity index (χ3v) is 4.29. The molecule has 1 unspecified atom stereocenters. The van der Waals surface area contributed by atoms with Gasteiger partial charge in [-0.1, -0.05) is 73.7 Å². The van der Waals surface area contributed by atoms with Crippen LogP contribution in [0.1, 0.15) is 29.5 Å². The smallest absolute Gasteiger partial charge is 0.127 e. The van der Waals surface area contributed by atoms with Gasteiger partial charge in [0, 0.05) is 23.5 Å². The third-order valence-electron chi connectivity index (χ3n) is 4.29. The van der Waals surface area contributed by atoms with Crippen LogP contribution >= 0.6 is 0 Å². The van der Waals surface area contributed by atoms with Crippen molar-refractivity contribution in [1.29, 1.82) is 0 Å². The van der Waals surface area contributed by atoms with E-state index in [2.05, 4.69) is 0 Å². The van der Waals surface area contributed by atoms with Crippen LogP contribution < -0.4 is 14.6 Å². The summed E-state index contributed by atoms with van der Waals surface area (Å²) < 4.78 is 11.8. The minimum absolute atomic E-state index is 0.343. The maximum Gasteiger partial charge on any atom is 0.127 e. The van der Waals surface area contributed by atoms with Crippen LogP contribution in [0.5, 0.6) is 11.5 Å². The Balaban J connectivity index is 1.78. The van der Waals surface area contributed by atoms with Gasteiger partial charge in [-0.05, 0) is 17.2 Å². The number of carbonyl (C=O) groups excluding carboxylic acids is 1. The maximum absolute atomic E-state index is 11.3. The molecule has 27 heavy (non-hydrogen) atoms. The summed E-state index contributed by atoms with van der Waals surface area (Å²) in [5.41, 5.74) is 2.62. The number of aliphatic carboxylic acids is 1. The summed E-state index contributed by atoms with van der Waals surface area (Å²) in [4.78, 5) is 11.3. The Morgan fingerprint density at radius 1 is 0.852 bits per heavy atom. The van der Waals surface area contributed by atoms with Crippen molar-refractivity contribution in [3.8, 4) is 11.5 Å². The first kappa shape index (κ1) is 18.5. The van der Waals surface area contributed by atoms with E-state index < -0.39 is 11.9 Å². The molecule has 1 atom stereocenters. The summed E-state index contributed by atoms with van der Waals surface area (Å²) in [6, 6.07) is 24.8. The van der Waals surface area contributed by atoms with Crippen molar-refractivity contribution in [2.75, 3.05) is 0 Å². The van der Waals surface area contributed by atoms with E-state index in [9.17, 15) is 9.90 Å². The average Bonchev–Trinajstić information content (AvgIpc) is 2.71. The predicted octanol–water partition coefficient (Wildman–Crippen LogP) is 3.70. The average molecular weight is 361 g/mol. The van der Waals surface area contributed by atoms with Crippen LogP contribution in [-0.2, 0) is 18.0 Å². The number of benzene rings is 3. The van der Waals surface area contributed by atoms with Crippen molar-refractivity contribution in [3.05, 3.63) is 95.6 Å². The summed E-state index contributed by atoms with van der Waals surface area (Å²) >= 11 is 0. The van der Waals surface area contributed by atoms with Crippen LogP contribution in [0.4, 0.5) is 0 Å². The number of ether oxygens (including phenoxy) is 2. The van der Waals surface area contributed by atoms with Crippen LogP contribution in [0.25, 0.3) is 0 Å². The quantitative estimate of drug-likeness (QED) is 0.614. The lowest BCUT2D eigenvalue weighted by Gasteiger charge is -2.19. The highest BCUT2D eigenvalue weighted by Crippen LogP contribution is 2.31. The Morgan fingerprint density at radius 2 is 1.41 bits per heavy atom. The highest BCUT2D eigenvalue weighted by atomic mass is 16.5. The first-order valence-electron chi connectivity index (χ1n) is 8.82. The highest BCUT2D eigenvalue weighted by Gasteiger charge is 2.14. The summed E-state index contributed by atoms with van der Waals surface area (Å²) in [5.74, 6) is -0.811. The molecule has 0 aliphatic carbocycles. The highest BCUT2D eigenvalue weighted by molar-refractivity contribution is 5.75. The molecule has 3 aromatic rings. The largest absolute Gasteiger partial charge is 0.550 e. The second kappa shape index (κ2) is 8.90. The van der Waals surface area contributed by atoms with E-state index in [4.69, 9.17) is 9.47 Å². The van der Waals surface area contributed by atoms with Crippen molar-refractivity contribution < 1.29 is 19.4 Å². The molecule has 0 saturated carbocycles. The molecule has 0 bridgehead atoms. The van der Waals surface area contributed by atoms with E-state index in [-0.39, 0.29) is 0 Å². The first-order chi connectivity index (χ1) is 13.1. The lowest BCUT2D eigenvalue weighted by Crippen LogP contribution is -2.28. The standard InChI is InChI=1S/C23H22O4/c1-17(23(24)25)21-13-12-20(26-15-18-8-4-2-5-9-18)14-22(21)27-16-19-10-6-3-7-11-19/h2-14,17H,15-16H2,1H3,(H,24,25)/p-1. The second-order valence-corrected chi connectivity index (χ2v) is 6.29. The molecule has 4 nitrogen and oxygen atoms in total. The van der Waals surface area contributed by atoms with Crippen molar-refractivity contribution in [3.63, 3.8) is 0 Å². The first-order valence-corrected chi connectivity index (χ1v) is 8.82. The Hall–Kier alpha value is -3.27. The van der Waals surface area contributed by atoms with Crippen LogP contribution in [0.3, 0.4) is 0 Å². The van der Waals surface area contributed by atoms with Gasteiger partial charge in [-0.25, -0.2) is 0 Å². The molecular weight excluding hydrogens is 340 g/mol. The Bertz CT molecular complexity index is 875. The summed E-state index contributed by atoms with van der Waals surface area (Å²) in [5, 5.41) is 11.3. The lowest BCUT2D eigenvalue weighted by atomic mass is 10.00. The molecule has 3 aromatic carbocycles. The van der Waals surface area contributed by atoms with Crippen LogP contribution in [0, 0.1) is 0 Å². The Kier molecular flexibility index (Phi) is 6.10. The topological polar surface area (TPSA) is 58.6 Å². The van der Waals surface area contributed by atoms with Gasteiger partial charge in [0.1, 0.15) is 24.7 Å². The summed E-state index contributed by atoms with van der Waals surface area (Å²) in [7, 11) is 0. The van der Waals surface area contributed by atoms with E-state index in [0.29, 0.717) is 30.3 Å². The fourth-order valence-corrected chi connectivity index (χ4v) is 2.69. The minimum Gasteiger partial charge on any atom is -0.550 e. The Labute approximate surface area is 159 Å². The monoisotopic (exact) mass is 361 g/mol. The van der Waals surface area contributed by atoms with Crippen molar-refractivity contribution in [1.82, 2.24) is 0 Å². The summed E-state index contributed by atoms with van der Waals surface area (Å²) in [6.45, 7) is 2.36. The van der Waals surface area contributed by atoms with Gasteiger partial charge in [-0.2, -0.15) is 0 Å². The third kappa shape index (κ3) is 5.11. The SMILES string of the molecule is CC(C(=O)[O-])c1ccc(OCc2ccccc2)cc1OCc1ccccc1. The zero-order valence-electron chi connectivity index (χ0n) is 15.1. The number of carboxylic acid groups (broad SMARTS) is 1. The molecular formula is C23H21O4-. The molecule has 0 radical (unpaired) electrons. The fourth-order valence-electron chi connectivity index (χ4n) is 2.69. The van der Waals surface area contributed by atoms with E-state index in [0.717, 1.165) is 11.1 Å². The molecule has 0 aliphatic rings. The van der Waals surface area contributed by atoms with Gasteiger partial charge >= 0.3 is 0 Å². The molecule has 138 valence electrons. The second-order valence-electron chi connectivity index (χ2n) is 6.29. The number of carbonyl (C=O) groups is 1. The van der Waals surface area contributed by atoms with Gasteiger partial charge in [-0.15, -0.1) is 0 Å². The fraction of sp³-hybridized carbons (Fsp3) is 0.174. The van der Waals surface area contributed by atoms with E-state index in [1.807, 2.05) is 60.7 Å². The zero-order chi connectivity index (χ0) is 19.1. The van der Waals surface area contributed by atoms with Crippen molar-refractivity contribution in [2.24, 2.45) is 0 Å². The van der Waals surface area contributed by atoms with Crippen molar-refractivity contribution >= 4 is 5.97 Å². The van der Waals surface area contributed by atoms with Crippen LogP contribution in [0.15, 0.2) is 78.9 Å². The number of hydrogen-bond acceptors (Lipinski definition) is 4. The van der Waals surface area contributed by atoms with Gasteiger partial charge in [0.15, 0.2) is 0 Å². The number of rotatable bonds is 8. The van der Waals surface area contributed by atoms with E-state index in [1.165, 1.54) is 0 Å². The minimum atomic E-state index is -1.14. The van der Waals surface area contributed by atoms with E-state index >= 15 is 0 Å². The molecule has 0 N–H and O–H groups in total. The molecule has 0 spiro atoms. The molecule has 0 heterocycles. The van der Waals surface area contributed by atoms with Crippen molar-refractivity contribution in [2.45, 2.75) is 26.1 Å². The zero-order valence-corrected chi connectivity index (χ0v) is 15.1. The lowest BCUT2D eigenvalue weighted by molar-refractivity contribution is -0.307. The molecule has 0 aliphatic heterocycles. The van der Waals surface area contributed by atoms with Crippen LogP contribution in [0.2, 0.25) is 0 Å². The molecule has 0 saturated heterocycles. The maximum atomic E-state index is 11.3. The molecule has 0 amide bonds.